The molecule has 0 aromatic heterocycles. The predicted octanol–water partition coefficient (Wildman–Crippen LogP) is 2.31. The number of para-hydroxylation sites is 2. The van der Waals surface area contributed by atoms with Crippen LogP contribution in [0.2, 0.25) is 0 Å². The summed E-state index contributed by atoms with van der Waals surface area (Å²) < 4.78 is 10.9. The molecule has 2 rings (SSSR count). The number of carboxylic acid groups (broad SMARTS) is 1. The summed E-state index contributed by atoms with van der Waals surface area (Å²) in [5.74, 6) is -3.05. The molecular formula is C16H16O5. The molecular weight excluding hydrogens is 272 g/mol. The summed E-state index contributed by atoms with van der Waals surface area (Å²) >= 11 is 0. The van der Waals surface area contributed by atoms with E-state index in [1.54, 1.807) is 60.7 Å². The third kappa shape index (κ3) is 3.32. The number of aliphatic carboxylic acids is 1. The van der Waals surface area contributed by atoms with Gasteiger partial charge in [0.15, 0.2) is 0 Å². The molecule has 0 aliphatic heterocycles. The number of carbonyl (C=O) groups is 1. The Morgan fingerprint density at radius 2 is 1.33 bits per heavy atom. The zero-order valence-electron chi connectivity index (χ0n) is 11.5. The summed E-state index contributed by atoms with van der Waals surface area (Å²) in [6.07, 6.45) is -1.39. The molecule has 0 saturated carbocycles. The van der Waals surface area contributed by atoms with Gasteiger partial charge < -0.3 is 19.7 Å². The number of ether oxygens (including phenoxy) is 2. The van der Waals surface area contributed by atoms with Gasteiger partial charge in [-0.05, 0) is 31.2 Å². The number of hydrogen-bond acceptors (Lipinski definition) is 4. The lowest BCUT2D eigenvalue weighted by Crippen LogP contribution is -2.58. The first-order valence-corrected chi connectivity index (χ1v) is 6.44. The number of aliphatic hydroxyl groups is 1. The van der Waals surface area contributed by atoms with Crippen molar-refractivity contribution in [2.24, 2.45) is 0 Å². The Kier molecular flexibility index (Phi) is 4.45. The molecule has 2 aromatic rings. The van der Waals surface area contributed by atoms with Gasteiger partial charge in [-0.15, -0.1) is 0 Å². The lowest BCUT2D eigenvalue weighted by Gasteiger charge is -2.32. The van der Waals surface area contributed by atoms with Crippen molar-refractivity contribution >= 4 is 5.97 Å². The molecule has 0 amide bonds. The lowest BCUT2D eigenvalue weighted by atomic mass is 10.1. The van der Waals surface area contributed by atoms with Crippen molar-refractivity contribution < 1.29 is 24.5 Å². The molecule has 21 heavy (non-hydrogen) atoms. The average molecular weight is 288 g/mol. The van der Waals surface area contributed by atoms with E-state index in [-0.39, 0.29) is 11.5 Å². The molecule has 5 heteroatoms. The Morgan fingerprint density at radius 3 is 1.62 bits per heavy atom. The average Bonchev–Trinajstić information content (AvgIpc) is 2.48. The third-order valence-corrected chi connectivity index (χ3v) is 2.87. The largest absolute Gasteiger partial charge is 0.475 e. The molecule has 2 aromatic carbocycles. The molecule has 5 nitrogen and oxygen atoms in total. The summed E-state index contributed by atoms with van der Waals surface area (Å²) in [7, 11) is 0. The first-order valence-electron chi connectivity index (χ1n) is 6.44. The Balaban J connectivity index is 2.36. The van der Waals surface area contributed by atoms with Crippen LogP contribution in [-0.2, 0) is 4.79 Å². The molecule has 0 aliphatic rings. The lowest BCUT2D eigenvalue weighted by molar-refractivity contribution is -0.210. The first-order chi connectivity index (χ1) is 10.0. The Bertz CT molecular complexity index is 539. The van der Waals surface area contributed by atoms with Crippen LogP contribution in [0.5, 0.6) is 11.5 Å². The third-order valence-electron chi connectivity index (χ3n) is 2.87. The van der Waals surface area contributed by atoms with Gasteiger partial charge in [0, 0.05) is 0 Å². The highest BCUT2D eigenvalue weighted by Gasteiger charge is 2.49. The van der Waals surface area contributed by atoms with Crippen molar-refractivity contribution in [1.82, 2.24) is 0 Å². The highest BCUT2D eigenvalue weighted by molar-refractivity contribution is 5.77. The van der Waals surface area contributed by atoms with Gasteiger partial charge in [-0.3, -0.25) is 0 Å². The van der Waals surface area contributed by atoms with Crippen LogP contribution >= 0.6 is 0 Å². The van der Waals surface area contributed by atoms with E-state index in [0.29, 0.717) is 0 Å². The highest BCUT2D eigenvalue weighted by Crippen LogP contribution is 2.26. The summed E-state index contributed by atoms with van der Waals surface area (Å²) in [4.78, 5) is 11.7. The summed E-state index contributed by atoms with van der Waals surface area (Å²) in [5.41, 5.74) is 0. The van der Waals surface area contributed by atoms with Gasteiger partial charge >= 0.3 is 11.8 Å². The van der Waals surface area contributed by atoms with Crippen LogP contribution in [-0.4, -0.2) is 28.1 Å². The van der Waals surface area contributed by atoms with Crippen LogP contribution in [0.25, 0.3) is 0 Å². The maximum absolute atomic E-state index is 11.7. The van der Waals surface area contributed by atoms with Crippen LogP contribution in [0.3, 0.4) is 0 Å². The van der Waals surface area contributed by atoms with E-state index in [1.807, 2.05) is 0 Å². The van der Waals surface area contributed by atoms with E-state index in [4.69, 9.17) is 9.47 Å². The second-order valence-electron chi connectivity index (χ2n) is 4.48. The second kappa shape index (κ2) is 6.28. The van der Waals surface area contributed by atoms with Crippen LogP contribution in [0, 0.1) is 0 Å². The Morgan fingerprint density at radius 1 is 0.952 bits per heavy atom. The number of aliphatic hydroxyl groups excluding tert-OH is 1. The fourth-order valence-electron chi connectivity index (χ4n) is 1.78. The van der Waals surface area contributed by atoms with Gasteiger partial charge in [0.2, 0.25) is 0 Å². The predicted molar refractivity (Wildman–Crippen MR) is 76.2 cm³/mol. The van der Waals surface area contributed by atoms with Crippen molar-refractivity contribution in [2.75, 3.05) is 0 Å². The van der Waals surface area contributed by atoms with Gasteiger partial charge in [-0.25, -0.2) is 4.79 Å². The van der Waals surface area contributed by atoms with E-state index in [2.05, 4.69) is 0 Å². The van der Waals surface area contributed by atoms with E-state index < -0.39 is 17.9 Å². The van der Waals surface area contributed by atoms with E-state index >= 15 is 0 Å². The monoisotopic (exact) mass is 288 g/mol. The minimum absolute atomic E-state index is 0.289. The molecule has 0 bridgehead atoms. The van der Waals surface area contributed by atoms with Crippen molar-refractivity contribution in [3.8, 4) is 11.5 Å². The maximum Gasteiger partial charge on any atom is 0.393 e. The van der Waals surface area contributed by atoms with Crippen molar-refractivity contribution in [3.63, 3.8) is 0 Å². The SMILES string of the molecule is CC(O)C(Oc1ccccc1)(Oc1ccccc1)C(=O)O. The van der Waals surface area contributed by atoms with Gasteiger partial charge in [-0.1, -0.05) is 36.4 Å². The quantitative estimate of drug-likeness (QED) is 0.798. The minimum Gasteiger partial charge on any atom is -0.475 e. The molecule has 110 valence electrons. The number of hydrogen-bond donors (Lipinski definition) is 2. The van der Waals surface area contributed by atoms with Crippen molar-refractivity contribution in [3.05, 3.63) is 60.7 Å². The molecule has 0 radical (unpaired) electrons. The smallest absolute Gasteiger partial charge is 0.393 e. The molecule has 2 N–H and O–H groups in total. The van der Waals surface area contributed by atoms with Crippen molar-refractivity contribution in [2.45, 2.75) is 18.8 Å². The first kappa shape index (κ1) is 14.9. The second-order valence-corrected chi connectivity index (χ2v) is 4.48. The minimum atomic E-state index is -2.22. The van der Waals surface area contributed by atoms with Crippen LogP contribution in [0.4, 0.5) is 0 Å². The fraction of sp³-hybridized carbons (Fsp3) is 0.188. The number of carboxylic acids is 1. The molecule has 0 fully saturated rings. The normalized spacial score (nSPS) is 12.5. The van der Waals surface area contributed by atoms with Crippen molar-refractivity contribution in [1.29, 1.82) is 0 Å². The van der Waals surface area contributed by atoms with Gasteiger partial charge in [0.05, 0.1) is 0 Å². The summed E-state index contributed by atoms with van der Waals surface area (Å²) in [6, 6.07) is 16.7. The number of benzene rings is 2. The zero-order chi connectivity index (χ0) is 15.3. The van der Waals surface area contributed by atoms with Gasteiger partial charge in [-0.2, -0.15) is 0 Å². The molecule has 1 unspecified atom stereocenters. The van der Waals surface area contributed by atoms with Gasteiger partial charge in [0.1, 0.15) is 17.6 Å². The van der Waals surface area contributed by atoms with Gasteiger partial charge in [0.25, 0.3) is 0 Å². The Labute approximate surface area is 122 Å². The summed E-state index contributed by atoms with van der Waals surface area (Å²) in [5, 5.41) is 19.4. The highest BCUT2D eigenvalue weighted by atomic mass is 16.7. The van der Waals surface area contributed by atoms with E-state index in [9.17, 15) is 15.0 Å². The molecule has 1 atom stereocenters. The fourth-order valence-corrected chi connectivity index (χ4v) is 1.78. The molecule has 0 aliphatic carbocycles. The van der Waals surface area contributed by atoms with Crippen LogP contribution in [0.15, 0.2) is 60.7 Å². The number of rotatable bonds is 6. The van der Waals surface area contributed by atoms with E-state index in [1.165, 1.54) is 6.92 Å². The summed E-state index contributed by atoms with van der Waals surface area (Å²) in [6.45, 7) is 1.31. The zero-order valence-corrected chi connectivity index (χ0v) is 11.5. The molecule has 0 heterocycles. The molecule has 0 saturated heterocycles. The maximum atomic E-state index is 11.7. The standard InChI is InChI=1S/C16H16O5/c1-12(17)16(15(18)19,20-13-8-4-2-5-9-13)21-14-10-6-3-7-11-14/h2-12,17H,1H3,(H,18,19). The van der Waals surface area contributed by atoms with E-state index in [0.717, 1.165) is 0 Å². The molecule has 0 spiro atoms. The van der Waals surface area contributed by atoms with Crippen LogP contribution in [0.1, 0.15) is 6.92 Å². The Hall–Kier alpha value is -2.53. The topological polar surface area (TPSA) is 76.0 Å². The van der Waals surface area contributed by atoms with Crippen LogP contribution < -0.4 is 9.47 Å².